The van der Waals surface area contributed by atoms with Crippen LogP contribution >= 0.6 is 0 Å². The zero-order chi connectivity index (χ0) is 12.5. The minimum Gasteiger partial charge on any atom is -0.481 e. The molecule has 0 spiro atoms. The van der Waals surface area contributed by atoms with Crippen molar-refractivity contribution >= 4 is 5.97 Å². The van der Waals surface area contributed by atoms with E-state index in [-0.39, 0.29) is 0 Å². The minimum absolute atomic E-state index is 0.297. The van der Waals surface area contributed by atoms with Gasteiger partial charge < -0.3 is 19.5 Å². The number of rotatable bonds is 9. The standard InChI is InChI=1S/C12H23NO4/c1-16-6-2-7-17-8-5-13-4-3-11(10-13)9-12(14)15/h11H,2-10H2,1H3,(H,14,15). The Morgan fingerprint density at radius 3 is 2.94 bits per heavy atom. The normalized spacial score (nSPS) is 20.9. The van der Waals surface area contributed by atoms with Crippen LogP contribution in [0.15, 0.2) is 0 Å². The molecule has 0 aromatic carbocycles. The van der Waals surface area contributed by atoms with Crippen LogP contribution in [0.4, 0.5) is 0 Å². The topological polar surface area (TPSA) is 59.0 Å². The van der Waals surface area contributed by atoms with E-state index in [0.29, 0.717) is 12.3 Å². The third-order valence-electron chi connectivity index (χ3n) is 3.02. The van der Waals surface area contributed by atoms with Crippen LogP contribution in [0.25, 0.3) is 0 Å². The molecule has 0 aromatic heterocycles. The predicted molar refractivity (Wildman–Crippen MR) is 64.1 cm³/mol. The monoisotopic (exact) mass is 245 g/mol. The van der Waals surface area contributed by atoms with Gasteiger partial charge in [0.15, 0.2) is 0 Å². The molecule has 1 heterocycles. The van der Waals surface area contributed by atoms with E-state index in [0.717, 1.165) is 52.3 Å². The summed E-state index contributed by atoms with van der Waals surface area (Å²) in [4.78, 5) is 12.8. The second-order valence-corrected chi connectivity index (χ2v) is 4.51. The van der Waals surface area contributed by atoms with E-state index in [1.165, 1.54) is 0 Å². The SMILES string of the molecule is COCCCOCCN1CCC(CC(=O)O)C1. The molecule has 0 aromatic rings. The van der Waals surface area contributed by atoms with Gasteiger partial charge in [-0.1, -0.05) is 0 Å². The van der Waals surface area contributed by atoms with Crippen LogP contribution in [0.1, 0.15) is 19.3 Å². The van der Waals surface area contributed by atoms with Gasteiger partial charge in [0.25, 0.3) is 0 Å². The van der Waals surface area contributed by atoms with Crippen molar-refractivity contribution in [2.45, 2.75) is 19.3 Å². The number of carbonyl (C=O) groups is 1. The molecule has 0 saturated carbocycles. The third-order valence-corrected chi connectivity index (χ3v) is 3.02. The molecule has 0 bridgehead atoms. The molecule has 5 nitrogen and oxygen atoms in total. The maximum absolute atomic E-state index is 10.6. The number of ether oxygens (including phenoxy) is 2. The number of likely N-dealkylation sites (tertiary alicyclic amines) is 1. The van der Waals surface area contributed by atoms with E-state index in [1.807, 2.05) is 0 Å². The minimum atomic E-state index is -0.687. The van der Waals surface area contributed by atoms with E-state index in [4.69, 9.17) is 14.6 Å². The van der Waals surface area contributed by atoms with Gasteiger partial charge in [-0.2, -0.15) is 0 Å². The first-order valence-corrected chi connectivity index (χ1v) is 6.23. The average molecular weight is 245 g/mol. The fraction of sp³-hybridized carbons (Fsp3) is 0.917. The molecule has 1 aliphatic heterocycles. The highest BCUT2D eigenvalue weighted by molar-refractivity contribution is 5.67. The highest BCUT2D eigenvalue weighted by Crippen LogP contribution is 2.18. The van der Waals surface area contributed by atoms with Gasteiger partial charge in [-0.05, 0) is 25.3 Å². The summed E-state index contributed by atoms with van der Waals surface area (Å²) in [6.45, 7) is 5.00. The lowest BCUT2D eigenvalue weighted by atomic mass is 10.1. The summed E-state index contributed by atoms with van der Waals surface area (Å²) >= 11 is 0. The number of carboxylic acid groups (broad SMARTS) is 1. The molecule has 1 saturated heterocycles. The molecule has 1 aliphatic rings. The molecule has 1 rings (SSSR count). The first kappa shape index (κ1) is 14.4. The lowest BCUT2D eigenvalue weighted by Crippen LogP contribution is -2.25. The summed E-state index contributed by atoms with van der Waals surface area (Å²) in [5.74, 6) is -0.367. The fourth-order valence-electron chi connectivity index (χ4n) is 2.13. The number of nitrogens with zero attached hydrogens (tertiary/aromatic N) is 1. The number of methoxy groups -OCH3 is 1. The second-order valence-electron chi connectivity index (χ2n) is 4.51. The largest absolute Gasteiger partial charge is 0.481 e. The molecule has 17 heavy (non-hydrogen) atoms. The van der Waals surface area contributed by atoms with Crippen molar-refractivity contribution in [1.29, 1.82) is 0 Å². The number of hydrogen-bond donors (Lipinski definition) is 1. The van der Waals surface area contributed by atoms with Crippen LogP contribution in [0, 0.1) is 5.92 Å². The zero-order valence-electron chi connectivity index (χ0n) is 10.6. The van der Waals surface area contributed by atoms with Crippen LogP contribution in [0.2, 0.25) is 0 Å². The van der Waals surface area contributed by atoms with E-state index in [2.05, 4.69) is 4.90 Å². The molecule has 1 N–H and O–H groups in total. The molecular weight excluding hydrogens is 222 g/mol. The molecular formula is C12H23NO4. The number of carboxylic acids is 1. The summed E-state index contributed by atoms with van der Waals surface area (Å²) < 4.78 is 10.4. The second kappa shape index (κ2) is 8.44. The van der Waals surface area contributed by atoms with Crippen molar-refractivity contribution in [2.24, 2.45) is 5.92 Å². The molecule has 5 heteroatoms. The Balaban J connectivity index is 1.96. The van der Waals surface area contributed by atoms with Gasteiger partial charge in [0, 0.05) is 39.8 Å². The van der Waals surface area contributed by atoms with Crippen LogP contribution < -0.4 is 0 Å². The molecule has 1 atom stereocenters. The Bertz CT molecular complexity index is 223. The summed E-state index contributed by atoms with van der Waals surface area (Å²) in [5.41, 5.74) is 0. The van der Waals surface area contributed by atoms with Gasteiger partial charge in [0.05, 0.1) is 6.61 Å². The van der Waals surface area contributed by atoms with Crippen LogP contribution in [0.3, 0.4) is 0 Å². The Labute approximate surface area is 103 Å². The van der Waals surface area contributed by atoms with Crippen molar-refractivity contribution in [3.8, 4) is 0 Å². The van der Waals surface area contributed by atoms with Crippen LogP contribution in [-0.2, 0) is 14.3 Å². The fourth-order valence-corrected chi connectivity index (χ4v) is 2.13. The van der Waals surface area contributed by atoms with Crippen LogP contribution in [-0.4, -0.2) is 62.5 Å². The summed E-state index contributed by atoms with van der Waals surface area (Å²) in [6, 6.07) is 0. The number of hydrogen-bond acceptors (Lipinski definition) is 4. The van der Waals surface area contributed by atoms with Gasteiger partial charge in [0.1, 0.15) is 0 Å². The van der Waals surface area contributed by atoms with Gasteiger partial charge in [0.2, 0.25) is 0 Å². The van der Waals surface area contributed by atoms with Crippen molar-refractivity contribution in [1.82, 2.24) is 4.90 Å². The van der Waals surface area contributed by atoms with Crippen molar-refractivity contribution in [3.63, 3.8) is 0 Å². The van der Waals surface area contributed by atoms with Gasteiger partial charge >= 0.3 is 5.97 Å². The highest BCUT2D eigenvalue weighted by atomic mass is 16.5. The Morgan fingerprint density at radius 1 is 1.41 bits per heavy atom. The molecule has 100 valence electrons. The molecule has 0 radical (unpaired) electrons. The summed E-state index contributed by atoms with van der Waals surface area (Å²) in [5, 5.41) is 8.70. The molecule has 0 amide bonds. The first-order valence-electron chi connectivity index (χ1n) is 6.23. The first-order chi connectivity index (χ1) is 8.22. The third kappa shape index (κ3) is 6.61. The molecule has 1 fully saturated rings. The van der Waals surface area contributed by atoms with E-state index in [1.54, 1.807) is 7.11 Å². The number of aliphatic carboxylic acids is 1. The Morgan fingerprint density at radius 2 is 2.24 bits per heavy atom. The summed E-state index contributed by atoms with van der Waals surface area (Å²) in [7, 11) is 1.69. The maximum Gasteiger partial charge on any atom is 0.303 e. The lowest BCUT2D eigenvalue weighted by Gasteiger charge is -2.15. The van der Waals surface area contributed by atoms with Crippen molar-refractivity contribution in [2.75, 3.05) is 46.6 Å². The predicted octanol–water partition coefficient (Wildman–Crippen LogP) is 0.836. The van der Waals surface area contributed by atoms with Crippen molar-refractivity contribution < 1.29 is 19.4 Å². The summed E-state index contributed by atoms with van der Waals surface area (Å²) in [6.07, 6.45) is 2.22. The zero-order valence-corrected chi connectivity index (χ0v) is 10.6. The quantitative estimate of drug-likeness (QED) is 0.610. The lowest BCUT2D eigenvalue weighted by molar-refractivity contribution is -0.138. The Kier molecular flexibility index (Phi) is 7.16. The highest BCUT2D eigenvalue weighted by Gasteiger charge is 2.23. The molecule has 1 unspecified atom stereocenters. The van der Waals surface area contributed by atoms with Gasteiger partial charge in [-0.3, -0.25) is 4.79 Å². The maximum atomic E-state index is 10.6. The van der Waals surface area contributed by atoms with E-state index >= 15 is 0 Å². The van der Waals surface area contributed by atoms with E-state index < -0.39 is 5.97 Å². The van der Waals surface area contributed by atoms with Crippen molar-refractivity contribution in [3.05, 3.63) is 0 Å². The Hall–Kier alpha value is -0.650. The smallest absolute Gasteiger partial charge is 0.303 e. The molecule has 0 aliphatic carbocycles. The van der Waals surface area contributed by atoms with E-state index in [9.17, 15) is 4.79 Å². The van der Waals surface area contributed by atoms with Gasteiger partial charge in [-0.25, -0.2) is 0 Å². The average Bonchev–Trinajstić information content (AvgIpc) is 2.70. The van der Waals surface area contributed by atoms with Crippen LogP contribution in [0.5, 0.6) is 0 Å². The van der Waals surface area contributed by atoms with Gasteiger partial charge in [-0.15, -0.1) is 0 Å².